The Morgan fingerprint density at radius 1 is 1.21 bits per heavy atom. The third-order valence-electron chi connectivity index (χ3n) is 6.39. The number of piperidine rings is 1. The lowest BCUT2D eigenvalue weighted by Crippen LogP contribution is -2.40. The summed E-state index contributed by atoms with van der Waals surface area (Å²) in [7, 11) is 4.00. The van der Waals surface area contributed by atoms with Gasteiger partial charge in [0.05, 0.1) is 18.1 Å². The summed E-state index contributed by atoms with van der Waals surface area (Å²) in [6.07, 6.45) is 4.93. The van der Waals surface area contributed by atoms with E-state index in [1.165, 1.54) is 17.5 Å². The van der Waals surface area contributed by atoms with Gasteiger partial charge in [0.25, 0.3) is 5.91 Å². The number of para-hydroxylation sites is 1. The van der Waals surface area contributed by atoms with Crippen molar-refractivity contribution in [2.45, 2.75) is 12.8 Å². The Bertz CT molecular complexity index is 1440. The number of hydrogen-bond acceptors (Lipinski definition) is 8. The molecule has 0 bridgehead atoms. The van der Waals surface area contributed by atoms with Gasteiger partial charge in [0, 0.05) is 36.6 Å². The number of nitrogens with one attached hydrogen (secondary N) is 1. The highest BCUT2D eigenvalue weighted by molar-refractivity contribution is 7.13. The lowest BCUT2D eigenvalue weighted by molar-refractivity contribution is 0.102. The zero-order valence-corrected chi connectivity index (χ0v) is 22.4. The van der Waals surface area contributed by atoms with Gasteiger partial charge in [-0.15, -0.1) is 11.3 Å². The summed E-state index contributed by atoms with van der Waals surface area (Å²) in [5.74, 6) is -2.26. The zero-order valence-electron chi connectivity index (χ0n) is 21.6. The van der Waals surface area contributed by atoms with E-state index in [9.17, 15) is 4.79 Å². The number of amides is 1. The topological polar surface area (TPSA) is 83.5 Å². The van der Waals surface area contributed by atoms with Gasteiger partial charge < -0.3 is 19.9 Å². The molecular weight excluding hydrogens is 522 g/mol. The predicted molar refractivity (Wildman–Crippen MR) is 147 cm³/mol. The first-order valence-electron chi connectivity index (χ1n) is 12.6. The zero-order chi connectivity index (χ0) is 27.4. The van der Waals surface area contributed by atoms with Gasteiger partial charge in [-0.1, -0.05) is 18.2 Å². The van der Waals surface area contributed by atoms with Gasteiger partial charge in [-0.3, -0.25) is 4.79 Å². The van der Waals surface area contributed by atoms with E-state index in [0.717, 1.165) is 31.0 Å². The number of halogens is 2. The van der Waals surface area contributed by atoms with Crippen molar-refractivity contribution in [1.29, 1.82) is 0 Å². The summed E-state index contributed by atoms with van der Waals surface area (Å²) in [5, 5.41) is 12.5. The standard InChI is InChI=1S/C28H28F2N6O2S/c1-35(2)15-18-7-6-12-36(16-18)25-22(13-21(29)26(24(25)30)38-20-8-4-3-5-9-20)33-27(37)23-17-39-28(34-23)19-10-11-31-32-14-19/h3-5,8-11,13-14,17-18H,6-7,12,15-16H2,1-2H3,(H,33,37)/t18-/m0/s1. The number of ether oxygens (including phenoxy) is 1. The number of carbonyl (C=O) groups is 1. The van der Waals surface area contributed by atoms with E-state index in [1.807, 2.05) is 19.0 Å². The van der Waals surface area contributed by atoms with E-state index in [2.05, 4.69) is 25.4 Å². The van der Waals surface area contributed by atoms with Crippen LogP contribution in [0.25, 0.3) is 10.6 Å². The molecule has 3 heterocycles. The summed E-state index contributed by atoms with van der Waals surface area (Å²) in [4.78, 5) is 21.6. The van der Waals surface area contributed by atoms with Gasteiger partial charge in [0.2, 0.25) is 5.75 Å². The van der Waals surface area contributed by atoms with E-state index in [4.69, 9.17) is 4.74 Å². The van der Waals surface area contributed by atoms with Gasteiger partial charge in [-0.05, 0) is 51.1 Å². The second-order valence-corrected chi connectivity index (χ2v) is 10.5. The van der Waals surface area contributed by atoms with Crippen LogP contribution in [0.3, 0.4) is 0 Å². The van der Waals surface area contributed by atoms with Crippen LogP contribution in [-0.4, -0.2) is 59.7 Å². The van der Waals surface area contributed by atoms with E-state index in [1.54, 1.807) is 48.0 Å². The van der Waals surface area contributed by atoms with Crippen molar-refractivity contribution in [2.24, 2.45) is 5.92 Å². The van der Waals surface area contributed by atoms with Crippen LogP contribution in [0.1, 0.15) is 23.3 Å². The molecule has 0 radical (unpaired) electrons. The largest absolute Gasteiger partial charge is 0.451 e. The van der Waals surface area contributed by atoms with Crippen LogP contribution in [0.2, 0.25) is 0 Å². The van der Waals surface area contributed by atoms with E-state index < -0.39 is 23.3 Å². The summed E-state index contributed by atoms with van der Waals surface area (Å²) in [5.41, 5.74) is 0.982. The molecule has 0 aliphatic carbocycles. The Hall–Kier alpha value is -3.96. The molecule has 5 rings (SSSR count). The third-order valence-corrected chi connectivity index (χ3v) is 7.28. The van der Waals surface area contributed by atoms with Crippen molar-refractivity contribution >= 4 is 28.6 Å². The molecule has 4 aromatic rings. The fourth-order valence-electron chi connectivity index (χ4n) is 4.74. The van der Waals surface area contributed by atoms with Crippen molar-refractivity contribution in [3.05, 3.63) is 77.6 Å². The number of benzene rings is 2. The monoisotopic (exact) mass is 550 g/mol. The smallest absolute Gasteiger partial charge is 0.275 e. The fourth-order valence-corrected chi connectivity index (χ4v) is 5.53. The maximum absolute atomic E-state index is 16.1. The maximum Gasteiger partial charge on any atom is 0.275 e. The summed E-state index contributed by atoms with van der Waals surface area (Å²) >= 11 is 1.27. The minimum Gasteiger partial charge on any atom is -0.451 e. The SMILES string of the molecule is CN(C)C[C@@H]1CCCN(c2c(NC(=O)c3csc(-c4ccnnc4)n3)cc(F)c(Oc3ccccc3)c2F)C1. The number of carbonyl (C=O) groups excluding carboxylic acids is 1. The van der Waals surface area contributed by atoms with Crippen molar-refractivity contribution in [3.8, 4) is 22.1 Å². The number of hydrogen-bond donors (Lipinski definition) is 1. The second-order valence-electron chi connectivity index (χ2n) is 9.65. The molecule has 2 aromatic carbocycles. The van der Waals surface area contributed by atoms with Crippen molar-refractivity contribution < 1.29 is 18.3 Å². The van der Waals surface area contributed by atoms with Crippen molar-refractivity contribution in [3.63, 3.8) is 0 Å². The van der Waals surface area contributed by atoms with Gasteiger partial charge in [0.1, 0.15) is 22.1 Å². The van der Waals surface area contributed by atoms with E-state index >= 15 is 8.78 Å². The molecule has 0 saturated carbocycles. The van der Waals surface area contributed by atoms with Gasteiger partial charge in [-0.25, -0.2) is 13.8 Å². The highest BCUT2D eigenvalue weighted by atomic mass is 32.1. The molecule has 0 spiro atoms. The minimum absolute atomic E-state index is 0.0287. The van der Waals surface area contributed by atoms with E-state index in [-0.39, 0.29) is 23.0 Å². The number of thiazole rings is 1. The summed E-state index contributed by atoms with van der Waals surface area (Å²) < 4.78 is 37.1. The number of aromatic nitrogens is 3. The third kappa shape index (κ3) is 6.21. The molecule has 1 aliphatic rings. The highest BCUT2D eigenvalue weighted by Gasteiger charge is 2.30. The van der Waals surface area contributed by atoms with Crippen LogP contribution in [0.15, 0.2) is 60.2 Å². The van der Waals surface area contributed by atoms with Gasteiger partial charge >= 0.3 is 0 Å². The quantitative estimate of drug-likeness (QED) is 0.301. The Balaban J connectivity index is 1.49. The molecular formula is C28H28F2N6O2S. The Morgan fingerprint density at radius 2 is 2.03 bits per heavy atom. The van der Waals surface area contributed by atoms with Crippen LogP contribution >= 0.6 is 11.3 Å². The minimum atomic E-state index is -0.918. The molecule has 1 atom stereocenters. The fraction of sp³-hybridized carbons (Fsp3) is 0.286. The van der Waals surface area contributed by atoms with Crippen LogP contribution in [0, 0.1) is 17.6 Å². The average molecular weight is 551 g/mol. The second kappa shape index (κ2) is 11.8. The Kier molecular flexibility index (Phi) is 8.08. The molecule has 11 heteroatoms. The first-order chi connectivity index (χ1) is 18.9. The molecule has 1 fully saturated rings. The summed E-state index contributed by atoms with van der Waals surface area (Å²) in [6, 6.07) is 11.3. The average Bonchev–Trinajstić information content (AvgIpc) is 3.43. The molecule has 202 valence electrons. The molecule has 39 heavy (non-hydrogen) atoms. The normalized spacial score (nSPS) is 15.4. The van der Waals surface area contributed by atoms with Crippen molar-refractivity contribution in [1.82, 2.24) is 20.1 Å². The lowest BCUT2D eigenvalue weighted by Gasteiger charge is -2.37. The van der Waals surface area contributed by atoms with Gasteiger partial charge in [-0.2, -0.15) is 10.2 Å². The van der Waals surface area contributed by atoms with E-state index in [0.29, 0.717) is 23.8 Å². The van der Waals surface area contributed by atoms with Crippen molar-refractivity contribution in [2.75, 3.05) is 43.9 Å². The lowest BCUT2D eigenvalue weighted by atomic mass is 9.96. The Morgan fingerprint density at radius 3 is 2.77 bits per heavy atom. The predicted octanol–water partition coefficient (Wildman–Crippen LogP) is 5.70. The molecule has 2 aromatic heterocycles. The first kappa shape index (κ1) is 26.6. The number of anilines is 2. The first-order valence-corrected chi connectivity index (χ1v) is 13.5. The van der Waals surface area contributed by atoms with Gasteiger partial charge in [0.15, 0.2) is 11.6 Å². The molecule has 1 aliphatic heterocycles. The van der Waals surface area contributed by atoms with Crippen LogP contribution in [-0.2, 0) is 0 Å². The number of rotatable bonds is 8. The molecule has 1 amide bonds. The maximum atomic E-state index is 16.1. The molecule has 1 saturated heterocycles. The Labute approximate surface area is 229 Å². The molecule has 8 nitrogen and oxygen atoms in total. The molecule has 0 unspecified atom stereocenters. The number of nitrogens with zero attached hydrogens (tertiary/aromatic N) is 5. The molecule has 1 N–H and O–H groups in total. The van der Waals surface area contributed by atoms with Crippen LogP contribution in [0.5, 0.6) is 11.5 Å². The van der Waals surface area contributed by atoms with Crippen LogP contribution < -0.4 is 15.0 Å². The highest BCUT2D eigenvalue weighted by Crippen LogP contribution is 2.41. The summed E-state index contributed by atoms with van der Waals surface area (Å²) in [6.45, 7) is 1.96. The van der Waals surface area contributed by atoms with Crippen LogP contribution in [0.4, 0.5) is 20.2 Å².